The lowest BCUT2D eigenvalue weighted by Crippen LogP contribution is -2.49. The lowest BCUT2D eigenvalue weighted by atomic mass is 10.2. The van der Waals surface area contributed by atoms with Crippen molar-refractivity contribution in [1.29, 1.82) is 5.26 Å². The summed E-state index contributed by atoms with van der Waals surface area (Å²) in [5, 5.41) is 12.3. The molecule has 1 saturated heterocycles. The van der Waals surface area contributed by atoms with Gasteiger partial charge in [-0.15, -0.1) is 0 Å². The second-order valence-electron chi connectivity index (χ2n) is 5.08. The highest BCUT2D eigenvalue weighted by molar-refractivity contribution is 5.53. The van der Waals surface area contributed by atoms with E-state index in [1.807, 2.05) is 12.1 Å². The third kappa shape index (κ3) is 3.66. The molecule has 102 valence electrons. The highest BCUT2D eigenvalue weighted by Crippen LogP contribution is 2.12. The monoisotopic (exact) mass is 259 g/mol. The van der Waals surface area contributed by atoms with E-state index in [0.29, 0.717) is 11.7 Å². The van der Waals surface area contributed by atoms with Crippen molar-refractivity contribution in [3.05, 3.63) is 24.0 Å². The number of rotatable bonds is 4. The van der Waals surface area contributed by atoms with E-state index in [1.165, 1.54) is 0 Å². The summed E-state index contributed by atoms with van der Waals surface area (Å²) in [6.07, 6.45) is 1.65. The van der Waals surface area contributed by atoms with Crippen LogP contribution in [0.15, 0.2) is 18.3 Å². The quantitative estimate of drug-likeness (QED) is 0.874. The molecule has 0 radical (unpaired) electrons. The average Bonchev–Trinajstić information content (AvgIpc) is 2.45. The molecule has 0 aliphatic carbocycles. The molecular formula is C14H21N5. The Bertz CT molecular complexity index is 445. The Morgan fingerprint density at radius 1 is 1.42 bits per heavy atom. The molecule has 19 heavy (non-hydrogen) atoms. The van der Waals surface area contributed by atoms with Gasteiger partial charge in [-0.3, -0.25) is 4.90 Å². The number of hydrogen-bond acceptors (Lipinski definition) is 5. The second kappa shape index (κ2) is 6.50. The molecule has 2 rings (SSSR count). The van der Waals surface area contributed by atoms with Crippen molar-refractivity contribution in [2.75, 3.05) is 45.1 Å². The number of anilines is 1. The van der Waals surface area contributed by atoms with Gasteiger partial charge in [-0.1, -0.05) is 0 Å². The van der Waals surface area contributed by atoms with Crippen LogP contribution in [0.4, 0.5) is 5.69 Å². The maximum Gasteiger partial charge on any atom is 0.163 e. The molecule has 0 spiro atoms. The van der Waals surface area contributed by atoms with Gasteiger partial charge in [0.05, 0.1) is 5.69 Å². The Morgan fingerprint density at radius 3 is 2.84 bits per heavy atom. The molecule has 1 aromatic rings. The van der Waals surface area contributed by atoms with Gasteiger partial charge >= 0.3 is 0 Å². The summed E-state index contributed by atoms with van der Waals surface area (Å²) in [6.45, 7) is 7.53. The number of nitrogens with zero attached hydrogens (tertiary/aromatic N) is 4. The van der Waals surface area contributed by atoms with E-state index in [4.69, 9.17) is 5.26 Å². The average molecular weight is 259 g/mol. The number of nitrogens with one attached hydrogen (secondary N) is 1. The van der Waals surface area contributed by atoms with Crippen LogP contribution in [0.5, 0.6) is 0 Å². The van der Waals surface area contributed by atoms with Crippen LogP contribution in [0, 0.1) is 11.3 Å². The van der Waals surface area contributed by atoms with Crippen LogP contribution in [0.25, 0.3) is 0 Å². The van der Waals surface area contributed by atoms with E-state index < -0.39 is 0 Å². The van der Waals surface area contributed by atoms with Gasteiger partial charge in [0.25, 0.3) is 0 Å². The van der Waals surface area contributed by atoms with E-state index in [0.717, 1.165) is 38.4 Å². The molecular weight excluding hydrogens is 238 g/mol. The van der Waals surface area contributed by atoms with Crippen molar-refractivity contribution in [3.63, 3.8) is 0 Å². The van der Waals surface area contributed by atoms with Gasteiger partial charge in [0.2, 0.25) is 0 Å². The first-order chi connectivity index (χ1) is 9.20. The highest BCUT2D eigenvalue weighted by Gasteiger charge is 2.18. The predicted molar refractivity (Wildman–Crippen MR) is 76.0 cm³/mol. The number of hydrogen-bond donors (Lipinski definition) is 1. The lowest BCUT2D eigenvalue weighted by Gasteiger charge is -2.36. The minimum Gasteiger partial charge on any atom is -0.381 e. The van der Waals surface area contributed by atoms with E-state index in [1.54, 1.807) is 6.20 Å². The summed E-state index contributed by atoms with van der Waals surface area (Å²) in [7, 11) is 2.16. The fourth-order valence-electron chi connectivity index (χ4n) is 2.29. The zero-order valence-electron chi connectivity index (χ0n) is 11.6. The van der Waals surface area contributed by atoms with E-state index in [-0.39, 0.29) is 0 Å². The number of nitriles is 1. The number of piperazine rings is 1. The van der Waals surface area contributed by atoms with Crippen LogP contribution in [0.1, 0.15) is 12.6 Å². The van der Waals surface area contributed by atoms with E-state index in [2.05, 4.69) is 40.1 Å². The van der Waals surface area contributed by atoms with Gasteiger partial charge in [-0.2, -0.15) is 5.26 Å². The SMILES string of the molecule is CC(CNc1cccnc1C#N)N1CCN(C)CC1. The molecule has 2 heterocycles. The highest BCUT2D eigenvalue weighted by atomic mass is 15.3. The zero-order chi connectivity index (χ0) is 13.7. The molecule has 0 aromatic carbocycles. The first-order valence-corrected chi connectivity index (χ1v) is 6.72. The van der Waals surface area contributed by atoms with Crippen LogP contribution in [-0.4, -0.2) is 60.6 Å². The van der Waals surface area contributed by atoms with Gasteiger partial charge in [-0.25, -0.2) is 4.98 Å². The summed E-state index contributed by atoms with van der Waals surface area (Å²) in [5.74, 6) is 0. The molecule has 0 saturated carbocycles. The molecule has 1 fully saturated rings. The Kier molecular flexibility index (Phi) is 4.72. The van der Waals surface area contributed by atoms with Crippen LogP contribution in [0.2, 0.25) is 0 Å². The van der Waals surface area contributed by atoms with E-state index in [9.17, 15) is 0 Å². The van der Waals surface area contributed by atoms with Crippen molar-refractivity contribution in [2.45, 2.75) is 13.0 Å². The van der Waals surface area contributed by atoms with Gasteiger partial charge < -0.3 is 10.2 Å². The Morgan fingerprint density at radius 2 is 2.16 bits per heavy atom. The molecule has 1 N–H and O–H groups in total. The molecule has 1 aromatic heterocycles. The molecule has 1 atom stereocenters. The third-order valence-corrected chi connectivity index (χ3v) is 3.66. The number of pyridine rings is 1. The van der Waals surface area contributed by atoms with Crippen LogP contribution in [-0.2, 0) is 0 Å². The summed E-state index contributed by atoms with van der Waals surface area (Å²) >= 11 is 0. The fourth-order valence-corrected chi connectivity index (χ4v) is 2.29. The molecule has 0 bridgehead atoms. The van der Waals surface area contributed by atoms with Gasteiger partial charge in [0.1, 0.15) is 6.07 Å². The van der Waals surface area contributed by atoms with Crippen molar-refractivity contribution in [1.82, 2.24) is 14.8 Å². The summed E-state index contributed by atoms with van der Waals surface area (Å²) in [4.78, 5) is 8.89. The largest absolute Gasteiger partial charge is 0.381 e. The van der Waals surface area contributed by atoms with Crippen LogP contribution < -0.4 is 5.32 Å². The number of aromatic nitrogens is 1. The minimum absolute atomic E-state index is 0.459. The molecule has 1 unspecified atom stereocenters. The first kappa shape index (κ1) is 13.8. The third-order valence-electron chi connectivity index (χ3n) is 3.66. The molecule has 0 amide bonds. The maximum atomic E-state index is 8.99. The smallest absolute Gasteiger partial charge is 0.163 e. The summed E-state index contributed by atoms with van der Waals surface area (Å²) in [5.41, 5.74) is 1.29. The van der Waals surface area contributed by atoms with Crippen molar-refractivity contribution >= 4 is 5.69 Å². The molecule has 5 heteroatoms. The van der Waals surface area contributed by atoms with Crippen molar-refractivity contribution in [2.24, 2.45) is 0 Å². The Balaban J connectivity index is 1.86. The van der Waals surface area contributed by atoms with Crippen LogP contribution in [0.3, 0.4) is 0 Å². The minimum atomic E-state index is 0.459. The lowest BCUT2D eigenvalue weighted by molar-refractivity contribution is 0.123. The Labute approximate surface area is 114 Å². The van der Waals surface area contributed by atoms with Crippen LogP contribution >= 0.6 is 0 Å². The van der Waals surface area contributed by atoms with Gasteiger partial charge in [0.15, 0.2) is 5.69 Å². The van der Waals surface area contributed by atoms with Gasteiger partial charge in [0, 0.05) is 45.0 Å². The van der Waals surface area contributed by atoms with Gasteiger partial charge in [-0.05, 0) is 26.1 Å². The molecule has 5 nitrogen and oxygen atoms in total. The first-order valence-electron chi connectivity index (χ1n) is 6.72. The topological polar surface area (TPSA) is 55.2 Å². The molecule has 1 aliphatic rings. The van der Waals surface area contributed by atoms with Crippen molar-refractivity contribution in [3.8, 4) is 6.07 Å². The Hall–Kier alpha value is -1.64. The molecule has 1 aliphatic heterocycles. The maximum absolute atomic E-state index is 8.99. The summed E-state index contributed by atoms with van der Waals surface area (Å²) < 4.78 is 0. The predicted octanol–water partition coefficient (Wildman–Crippen LogP) is 1.00. The van der Waals surface area contributed by atoms with E-state index >= 15 is 0 Å². The fraction of sp³-hybridized carbons (Fsp3) is 0.571. The van der Waals surface area contributed by atoms with Crippen molar-refractivity contribution < 1.29 is 0 Å². The summed E-state index contributed by atoms with van der Waals surface area (Å²) in [6, 6.07) is 6.33. The normalized spacial score (nSPS) is 18.8. The zero-order valence-corrected chi connectivity index (χ0v) is 11.6. The standard InChI is InChI=1S/C14H21N5/c1-12(19-8-6-18(2)7-9-19)11-17-13-4-3-5-16-14(13)10-15/h3-5,12,17H,6-9,11H2,1-2H3. The number of likely N-dealkylation sites (N-methyl/N-ethyl adjacent to an activating group) is 1. The second-order valence-corrected chi connectivity index (χ2v) is 5.08.